The first-order chi connectivity index (χ1) is 11.5. The summed E-state index contributed by atoms with van der Waals surface area (Å²) in [6, 6.07) is 11.9. The van der Waals surface area contributed by atoms with Gasteiger partial charge in [0.25, 0.3) is 0 Å². The molecule has 0 aromatic heterocycles. The van der Waals surface area contributed by atoms with Gasteiger partial charge >= 0.3 is 0 Å². The highest BCUT2D eigenvalue weighted by Gasteiger charge is 2.04. The van der Waals surface area contributed by atoms with Crippen molar-refractivity contribution >= 4 is 45.9 Å². The van der Waals surface area contributed by atoms with E-state index in [1.165, 1.54) is 11.1 Å². The van der Waals surface area contributed by atoms with Gasteiger partial charge in [0.1, 0.15) is 0 Å². The van der Waals surface area contributed by atoms with Gasteiger partial charge in [-0.1, -0.05) is 28.1 Å². The van der Waals surface area contributed by atoms with Crippen molar-refractivity contribution in [3.63, 3.8) is 0 Å². The van der Waals surface area contributed by atoms with E-state index in [9.17, 15) is 0 Å². The first kappa shape index (κ1) is 21.6. The average molecular weight is 520 g/mol. The third-order valence-electron chi connectivity index (χ3n) is 3.64. The van der Waals surface area contributed by atoms with Gasteiger partial charge < -0.3 is 20.5 Å². The SMILES string of the molecule is COc1ccc(CN=C(N)NCc2ccc(Br)cc2C)cc1OC.I. The molecule has 0 saturated carbocycles. The van der Waals surface area contributed by atoms with E-state index in [0.717, 1.165) is 10.0 Å². The van der Waals surface area contributed by atoms with Gasteiger partial charge in [-0.05, 0) is 47.9 Å². The van der Waals surface area contributed by atoms with Crippen molar-refractivity contribution in [1.82, 2.24) is 5.32 Å². The van der Waals surface area contributed by atoms with Gasteiger partial charge in [0.2, 0.25) is 0 Å². The number of hydrogen-bond acceptors (Lipinski definition) is 3. The van der Waals surface area contributed by atoms with E-state index in [1.807, 2.05) is 24.3 Å². The lowest BCUT2D eigenvalue weighted by molar-refractivity contribution is 0.354. The Hall–Kier alpha value is -1.48. The zero-order valence-electron chi connectivity index (χ0n) is 14.5. The Labute approximate surface area is 174 Å². The largest absolute Gasteiger partial charge is 0.493 e. The summed E-state index contributed by atoms with van der Waals surface area (Å²) in [6.45, 7) is 3.18. The Morgan fingerprint density at radius 3 is 2.48 bits per heavy atom. The lowest BCUT2D eigenvalue weighted by Crippen LogP contribution is -2.31. The minimum atomic E-state index is 0. The van der Waals surface area contributed by atoms with E-state index in [1.54, 1.807) is 14.2 Å². The van der Waals surface area contributed by atoms with Crippen molar-refractivity contribution < 1.29 is 9.47 Å². The zero-order valence-corrected chi connectivity index (χ0v) is 18.4. The number of guanidine groups is 1. The van der Waals surface area contributed by atoms with E-state index in [2.05, 4.69) is 45.3 Å². The maximum atomic E-state index is 5.95. The molecule has 0 bridgehead atoms. The van der Waals surface area contributed by atoms with Crippen LogP contribution < -0.4 is 20.5 Å². The normalized spacial score (nSPS) is 10.8. The molecule has 25 heavy (non-hydrogen) atoms. The van der Waals surface area contributed by atoms with E-state index in [-0.39, 0.29) is 24.0 Å². The smallest absolute Gasteiger partial charge is 0.189 e. The predicted molar refractivity (Wildman–Crippen MR) is 116 cm³/mol. The Kier molecular flexibility index (Phi) is 9.05. The molecule has 2 aromatic carbocycles. The molecule has 0 saturated heterocycles. The second-order valence-corrected chi connectivity index (χ2v) is 6.23. The number of aliphatic imine (C=N–C) groups is 1. The molecule has 136 valence electrons. The molecule has 5 nitrogen and oxygen atoms in total. The number of aryl methyl sites for hydroxylation is 1. The third-order valence-corrected chi connectivity index (χ3v) is 4.14. The quantitative estimate of drug-likeness (QED) is 0.344. The third kappa shape index (κ3) is 6.39. The van der Waals surface area contributed by atoms with Crippen LogP contribution in [0.15, 0.2) is 45.9 Å². The number of ether oxygens (including phenoxy) is 2. The van der Waals surface area contributed by atoms with Crippen molar-refractivity contribution in [1.29, 1.82) is 0 Å². The van der Waals surface area contributed by atoms with Crippen LogP contribution in [-0.2, 0) is 13.1 Å². The van der Waals surface area contributed by atoms with Crippen LogP contribution in [0.3, 0.4) is 0 Å². The molecule has 0 amide bonds. The number of methoxy groups -OCH3 is 2. The first-order valence-electron chi connectivity index (χ1n) is 7.53. The molecule has 0 spiro atoms. The van der Waals surface area contributed by atoms with Gasteiger partial charge in [-0.2, -0.15) is 0 Å². The summed E-state index contributed by atoms with van der Waals surface area (Å²) in [4.78, 5) is 4.37. The lowest BCUT2D eigenvalue weighted by atomic mass is 10.1. The summed E-state index contributed by atoms with van der Waals surface area (Å²) in [5.74, 6) is 1.79. The van der Waals surface area contributed by atoms with Crippen molar-refractivity contribution in [2.24, 2.45) is 10.7 Å². The van der Waals surface area contributed by atoms with Crippen molar-refractivity contribution in [2.75, 3.05) is 14.2 Å². The van der Waals surface area contributed by atoms with Crippen molar-refractivity contribution in [3.8, 4) is 11.5 Å². The summed E-state index contributed by atoms with van der Waals surface area (Å²) >= 11 is 3.46. The Morgan fingerprint density at radius 2 is 1.84 bits per heavy atom. The Balaban J connectivity index is 0.00000312. The number of rotatable bonds is 6. The summed E-state index contributed by atoms with van der Waals surface area (Å²) in [7, 11) is 3.23. The molecular formula is C18H23BrIN3O2. The second-order valence-electron chi connectivity index (χ2n) is 5.32. The van der Waals surface area contributed by atoms with Crippen LogP contribution >= 0.6 is 39.9 Å². The number of nitrogens with one attached hydrogen (secondary N) is 1. The van der Waals surface area contributed by atoms with E-state index in [0.29, 0.717) is 30.5 Å². The van der Waals surface area contributed by atoms with Gasteiger partial charge in [0.05, 0.1) is 20.8 Å². The minimum absolute atomic E-state index is 0. The molecule has 0 radical (unpaired) electrons. The highest BCUT2D eigenvalue weighted by molar-refractivity contribution is 14.0. The number of benzene rings is 2. The molecular weight excluding hydrogens is 497 g/mol. The molecule has 7 heteroatoms. The monoisotopic (exact) mass is 519 g/mol. The van der Waals surface area contributed by atoms with Crippen LogP contribution in [0, 0.1) is 6.92 Å². The van der Waals surface area contributed by atoms with Crippen LogP contribution in [0.2, 0.25) is 0 Å². The molecule has 0 aliphatic rings. The summed E-state index contributed by atoms with van der Waals surface area (Å²) < 4.78 is 11.6. The van der Waals surface area contributed by atoms with Gasteiger partial charge in [-0.3, -0.25) is 0 Å². The molecule has 0 atom stereocenters. The van der Waals surface area contributed by atoms with Crippen LogP contribution in [0.5, 0.6) is 11.5 Å². The topological polar surface area (TPSA) is 68.9 Å². The van der Waals surface area contributed by atoms with E-state index in [4.69, 9.17) is 15.2 Å². The fraction of sp³-hybridized carbons (Fsp3) is 0.278. The molecule has 0 aliphatic heterocycles. The van der Waals surface area contributed by atoms with Crippen LogP contribution in [0.1, 0.15) is 16.7 Å². The molecule has 0 heterocycles. The maximum Gasteiger partial charge on any atom is 0.189 e. The number of nitrogens with two attached hydrogens (primary N) is 1. The zero-order chi connectivity index (χ0) is 17.5. The van der Waals surface area contributed by atoms with Crippen LogP contribution in [-0.4, -0.2) is 20.2 Å². The average Bonchev–Trinajstić information content (AvgIpc) is 2.58. The number of nitrogens with zero attached hydrogens (tertiary/aromatic N) is 1. The Morgan fingerprint density at radius 1 is 1.12 bits per heavy atom. The minimum Gasteiger partial charge on any atom is -0.493 e. The molecule has 2 rings (SSSR count). The van der Waals surface area contributed by atoms with Crippen LogP contribution in [0.25, 0.3) is 0 Å². The molecule has 2 aromatic rings. The maximum absolute atomic E-state index is 5.95. The number of halogens is 2. The predicted octanol–water partition coefficient (Wildman–Crippen LogP) is 4.00. The van der Waals surface area contributed by atoms with Crippen LogP contribution in [0.4, 0.5) is 0 Å². The fourth-order valence-corrected chi connectivity index (χ4v) is 2.73. The summed E-state index contributed by atoms with van der Waals surface area (Å²) in [6.07, 6.45) is 0. The van der Waals surface area contributed by atoms with E-state index >= 15 is 0 Å². The highest BCUT2D eigenvalue weighted by Crippen LogP contribution is 2.27. The van der Waals surface area contributed by atoms with Gasteiger partial charge in [0.15, 0.2) is 17.5 Å². The Bertz CT molecular complexity index is 738. The van der Waals surface area contributed by atoms with Crippen molar-refractivity contribution in [2.45, 2.75) is 20.0 Å². The molecule has 3 N–H and O–H groups in total. The number of hydrogen-bond donors (Lipinski definition) is 2. The molecule has 0 unspecified atom stereocenters. The molecule has 0 fully saturated rings. The fourth-order valence-electron chi connectivity index (χ4n) is 2.25. The van der Waals surface area contributed by atoms with Crippen molar-refractivity contribution in [3.05, 3.63) is 57.6 Å². The first-order valence-corrected chi connectivity index (χ1v) is 8.32. The summed E-state index contributed by atoms with van der Waals surface area (Å²) in [5, 5.41) is 3.14. The molecule has 0 aliphatic carbocycles. The lowest BCUT2D eigenvalue weighted by Gasteiger charge is -2.10. The van der Waals surface area contributed by atoms with Gasteiger partial charge in [-0.15, -0.1) is 24.0 Å². The second kappa shape index (κ2) is 10.5. The van der Waals surface area contributed by atoms with Gasteiger partial charge in [-0.25, -0.2) is 4.99 Å². The standard InChI is InChI=1S/C18H22BrN3O2.HI/c1-12-8-15(19)6-5-14(12)11-22-18(20)21-10-13-4-7-16(23-2)17(9-13)24-3;/h4-9H,10-11H2,1-3H3,(H3,20,21,22);1H. The van der Waals surface area contributed by atoms with Gasteiger partial charge in [0, 0.05) is 11.0 Å². The highest BCUT2D eigenvalue weighted by atomic mass is 127. The summed E-state index contributed by atoms with van der Waals surface area (Å²) in [5.41, 5.74) is 9.33. The van der Waals surface area contributed by atoms with E-state index < -0.39 is 0 Å².